The van der Waals surface area contributed by atoms with E-state index in [2.05, 4.69) is 73.6 Å². The van der Waals surface area contributed by atoms with Crippen molar-refractivity contribution in [1.29, 1.82) is 0 Å². The van der Waals surface area contributed by atoms with Crippen molar-refractivity contribution in [2.45, 2.75) is 0 Å². The minimum Gasteiger partial charge on any atom is -0.261 e. The number of nitrogens with zero attached hydrogens (tertiary/aromatic N) is 4. The third kappa shape index (κ3) is 2.00. The number of rotatable bonds is 4. The van der Waals surface area contributed by atoms with Gasteiger partial charge in [0, 0.05) is 0 Å². The Kier molecular flexibility index (Phi) is 4.26. The van der Waals surface area contributed by atoms with Gasteiger partial charge < -0.3 is 0 Å². The summed E-state index contributed by atoms with van der Waals surface area (Å²) in [5, 5.41) is 2.64. The van der Waals surface area contributed by atoms with Crippen molar-refractivity contribution in [3.8, 4) is 0 Å². The van der Waals surface area contributed by atoms with Crippen molar-refractivity contribution in [3.63, 3.8) is 0 Å². The van der Waals surface area contributed by atoms with Gasteiger partial charge >= 0.3 is 0 Å². The van der Waals surface area contributed by atoms with Crippen LogP contribution in [0, 0.1) is 0 Å². The Balaban J connectivity index is 2.89. The third-order valence-corrected chi connectivity index (χ3v) is 15.0. The normalized spacial score (nSPS) is 27.2. The largest absolute Gasteiger partial charge is 0.261 e. The molecule has 0 aliphatic carbocycles. The summed E-state index contributed by atoms with van der Waals surface area (Å²) < 4.78 is 9.80. The van der Waals surface area contributed by atoms with E-state index in [4.69, 9.17) is 0 Å². The van der Waals surface area contributed by atoms with Crippen molar-refractivity contribution >= 4 is 20.8 Å². The SMILES string of the molecule is CN(C)S1(N(C)C)CS(N(C)C)(N(C)C)C1. The molecule has 16 heavy (non-hydrogen) atoms. The highest BCUT2D eigenvalue weighted by molar-refractivity contribution is 8.59. The Bertz CT molecular complexity index is 203. The van der Waals surface area contributed by atoms with Crippen LogP contribution in [0.25, 0.3) is 0 Å². The highest BCUT2D eigenvalue weighted by atomic mass is 32.4. The molecule has 1 fully saturated rings. The van der Waals surface area contributed by atoms with Crippen LogP contribution in [0.5, 0.6) is 0 Å². The highest BCUT2D eigenvalue weighted by Gasteiger charge is 2.53. The van der Waals surface area contributed by atoms with Gasteiger partial charge in [-0.2, -0.15) is 0 Å². The molecule has 0 N–H and O–H groups in total. The maximum atomic E-state index is 2.45. The lowest BCUT2D eigenvalue weighted by molar-refractivity contribution is 0.550. The van der Waals surface area contributed by atoms with E-state index in [-0.39, 0.29) is 0 Å². The molecule has 0 atom stereocenters. The molecule has 1 rings (SSSR count). The van der Waals surface area contributed by atoms with Gasteiger partial charge in [0.05, 0.1) is 10.2 Å². The van der Waals surface area contributed by atoms with Gasteiger partial charge in [0.15, 0.2) is 0 Å². The van der Waals surface area contributed by atoms with Gasteiger partial charge in [-0.15, -0.1) is 20.8 Å². The van der Waals surface area contributed by atoms with Crippen molar-refractivity contribution in [2.24, 2.45) is 0 Å². The number of hydrogen-bond donors (Lipinski definition) is 0. The average molecular weight is 268 g/mol. The van der Waals surface area contributed by atoms with E-state index in [1.165, 1.54) is 10.2 Å². The fraction of sp³-hybridized carbons (Fsp3) is 1.00. The minimum atomic E-state index is -0.707. The zero-order chi connectivity index (χ0) is 12.7. The maximum Gasteiger partial charge on any atom is 0.0575 e. The molecule has 0 radical (unpaired) electrons. The monoisotopic (exact) mass is 268 g/mol. The molecule has 1 heterocycles. The lowest BCUT2D eigenvalue weighted by Gasteiger charge is -2.71. The van der Waals surface area contributed by atoms with E-state index in [1.807, 2.05) is 0 Å². The van der Waals surface area contributed by atoms with E-state index >= 15 is 0 Å². The van der Waals surface area contributed by atoms with Crippen LogP contribution in [0.4, 0.5) is 0 Å². The minimum absolute atomic E-state index is 0.707. The molecule has 0 spiro atoms. The van der Waals surface area contributed by atoms with Crippen molar-refractivity contribution in [2.75, 3.05) is 66.6 Å². The predicted octanol–water partition coefficient (Wildman–Crippen LogP) is 1.43. The van der Waals surface area contributed by atoms with Crippen molar-refractivity contribution in [1.82, 2.24) is 17.2 Å². The first-order valence-corrected chi connectivity index (χ1v) is 9.23. The highest BCUT2D eigenvalue weighted by Crippen LogP contribution is 2.80. The van der Waals surface area contributed by atoms with E-state index in [0.717, 1.165) is 0 Å². The standard InChI is InChI=1S/C10H28N4S2/c1-11(2)15(12(3)4)9-16(10-15,13(5)6)14(7)8/h9-10H2,1-8H3. The van der Waals surface area contributed by atoms with Crippen LogP contribution in [0.2, 0.25) is 0 Å². The summed E-state index contributed by atoms with van der Waals surface area (Å²) >= 11 is 0. The van der Waals surface area contributed by atoms with Gasteiger partial charge in [-0.05, 0) is 56.4 Å². The fourth-order valence-corrected chi connectivity index (χ4v) is 14.7. The molecule has 0 saturated carbocycles. The Hall–Kier alpha value is 0.540. The average Bonchev–Trinajstić information content (AvgIpc) is 1.98. The summed E-state index contributed by atoms with van der Waals surface area (Å²) in [6.07, 6.45) is 0. The number of hydrogen-bond acceptors (Lipinski definition) is 4. The van der Waals surface area contributed by atoms with Gasteiger partial charge in [0.25, 0.3) is 0 Å². The molecule has 6 heteroatoms. The Labute approximate surface area is 105 Å². The van der Waals surface area contributed by atoms with Gasteiger partial charge in [-0.3, -0.25) is 17.2 Å². The smallest absolute Gasteiger partial charge is 0.0575 e. The summed E-state index contributed by atoms with van der Waals surface area (Å²) in [6, 6.07) is 0. The van der Waals surface area contributed by atoms with Crippen LogP contribution >= 0.6 is 20.8 Å². The fourth-order valence-electron chi connectivity index (χ4n) is 2.07. The van der Waals surface area contributed by atoms with Crippen LogP contribution in [-0.4, -0.2) is 83.8 Å². The first kappa shape index (κ1) is 14.6. The quantitative estimate of drug-likeness (QED) is 0.765. The van der Waals surface area contributed by atoms with Crippen LogP contribution in [0.15, 0.2) is 0 Å². The molecule has 100 valence electrons. The predicted molar refractivity (Wildman–Crippen MR) is 79.7 cm³/mol. The van der Waals surface area contributed by atoms with Gasteiger partial charge in [-0.1, -0.05) is 0 Å². The molecule has 0 amide bonds. The third-order valence-electron chi connectivity index (χ3n) is 3.47. The Morgan fingerprint density at radius 1 is 0.500 bits per heavy atom. The summed E-state index contributed by atoms with van der Waals surface area (Å²) in [5.41, 5.74) is 0. The molecule has 4 nitrogen and oxygen atoms in total. The molecule has 0 aromatic rings. The summed E-state index contributed by atoms with van der Waals surface area (Å²) in [7, 11) is 16.4. The molecular formula is C10H28N4S2. The molecule has 1 aliphatic rings. The van der Waals surface area contributed by atoms with E-state index in [0.29, 0.717) is 0 Å². The molecule has 0 aromatic carbocycles. The zero-order valence-electron chi connectivity index (χ0n) is 12.0. The van der Waals surface area contributed by atoms with Crippen LogP contribution < -0.4 is 0 Å². The Morgan fingerprint density at radius 2 is 0.688 bits per heavy atom. The molecule has 1 aliphatic heterocycles. The second-order valence-corrected chi connectivity index (χ2v) is 13.1. The summed E-state index contributed by atoms with van der Waals surface area (Å²) in [5.74, 6) is 0. The maximum absolute atomic E-state index is 2.45. The first-order valence-electron chi connectivity index (χ1n) is 5.46. The molecule has 1 saturated heterocycles. The lowest BCUT2D eigenvalue weighted by atomic mass is 11.3. The molecule has 0 unspecified atom stereocenters. The Morgan fingerprint density at radius 3 is 0.812 bits per heavy atom. The molecule has 0 bridgehead atoms. The zero-order valence-corrected chi connectivity index (χ0v) is 13.7. The van der Waals surface area contributed by atoms with Crippen LogP contribution in [0.1, 0.15) is 0 Å². The van der Waals surface area contributed by atoms with Crippen LogP contribution in [-0.2, 0) is 0 Å². The van der Waals surface area contributed by atoms with E-state index in [9.17, 15) is 0 Å². The second kappa shape index (κ2) is 4.66. The molecule has 0 aromatic heterocycles. The lowest BCUT2D eigenvalue weighted by Crippen LogP contribution is -2.53. The summed E-state index contributed by atoms with van der Waals surface area (Å²) in [6.45, 7) is 0. The first-order chi connectivity index (χ1) is 7.19. The van der Waals surface area contributed by atoms with E-state index < -0.39 is 20.8 Å². The van der Waals surface area contributed by atoms with Gasteiger partial charge in [-0.25, -0.2) is 0 Å². The van der Waals surface area contributed by atoms with Gasteiger partial charge in [0.2, 0.25) is 0 Å². The van der Waals surface area contributed by atoms with Gasteiger partial charge in [0.1, 0.15) is 0 Å². The van der Waals surface area contributed by atoms with Crippen LogP contribution in [0.3, 0.4) is 0 Å². The second-order valence-electron chi connectivity index (χ2n) is 5.09. The molecular weight excluding hydrogens is 240 g/mol. The topological polar surface area (TPSA) is 13.0 Å². The van der Waals surface area contributed by atoms with Crippen molar-refractivity contribution in [3.05, 3.63) is 0 Å². The van der Waals surface area contributed by atoms with E-state index in [1.54, 1.807) is 0 Å². The van der Waals surface area contributed by atoms with Crippen molar-refractivity contribution < 1.29 is 0 Å². The summed E-state index contributed by atoms with van der Waals surface area (Å²) in [4.78, 5) is 0.